The molecule has 11 nitrogen and oxygen atoms in total. The second-order valence-electron chi connectivity index (χ2n) is 7.44. The minimum absolute atomic E-state index is 0.100. The summed E-state index contributed by atoms with van der Waals surface area (Å²) >= 11 is 1.16. The van der Waals surface area contributed by atoms with Crippen LogP contribution in [-0.4, -0.2) is 69.4 Å². The van der Waals surface area contributed by atoms with Gasteiger partial charge in [-0.3, -0.25) is 24.6 Å². The number of carbonyl (C=O) groups excluding carboxylic acids is 2. The molecule has 0 aliphatic carbocycles. The molecule has 1 aromatic rings. The Hall–Kier alpha value is -2.96. The van der Waals surface area contributed by atoms with Crippen molar-refractivity contribution in [2.75, 3.05) is 19.3 Å². The molecular formula is C20H23N3O8S. The third-order valence-electron chi connectivity index (χ3n) is 5.40. The summed E-state index contributed by atoms with van der Waals surface area (Å²) in [4.78, 5) is 49.1. The van der Waals surface area contributed by atoms with E-state index in [-0.39, 0.29) is 22.9 Å². The van der Waals surface area contributed by atoms with E-state index in [1.54, 1.807) is 7.05 Å². The first-order valence-corrected chi connectivity index (χ1v) is 10.8. The number of thioether (sulfide) groups is 1. The van der Waals surface area contributed by atoms with Crippen molar-refractivity contribution >= 4 is 35.3 Å². The molecule has 0 bridgehead atoms. The van der Waals surface area contributed by atoms with Crippen molar-refractivity contribution in [3.8, 4) is 0 Å². The minimum atomic E-state index is -1.33. The van der Waals surface area contributed by atoms with Gasteiger partial charge in [-0.15, -0.1) is 11.8 Å². The van der Waals surface area contributed by atoms with E-state index in [1.807, 2.05) is 0 Å². The van der Waals surface area contributed by atoms with Crippen molar-refractivity contribution in [1.82, 2.24) is 10.2 Å². The van der Waals surface area contributed by atoms with Gasteiger partial charge in [-0.25, -0.2) is 4.79 Å². The number of esters is 1. The fourth-order valence-corrected chi connectivity index (χ4v) is 5.16. The lowest BCUT2D eigenvalue weighted by Gasteiger charge is -2.46. The number of benzene rings is 1. The monoisotopic (exact) mass is 465 g/mol. The number of aliphatic hydroxyl groups excluding tert-OH is 1. The maximum Gasteiger partial charge on any atom is 0.353 e. The van der Waals surface area contributed by atoms with Crippen molar-refractivity contribution in [3.05, 3.63) is 50.5 Å². The van der Waals surface area contributed by atoms with Crippen LogP contribution in [0.2, 0.25) is 0 Å². The third-order valence-corrected chi connectivity index (χ3v) is 6.57. The fourth-order valence-electron chi connectivity index (χ4n) is 3.89. The Balaban J connectivity index is 1.85. The van der Waals surface area contributed by atoms with E-state index in [9.17, 15) is 34.7 Å². The molecule has 1 fully saturated rings. The summed E-state index contributed by atoms with van der Waals surface area (Å²) in [7, 11) is 1.73. The minimum Gasteiger partial charge on any atom is -0.477 e. The van der Waals surface area contributed by atoms with Gasteiger partial charge < -0.3 is 20.3 Å². The highest BCUT2D eigenvalue weighted by molar-refractivity contribution is 8.03. The number of ether oxygens (including phenoxy) is 1. The molecule has 0 aromatic heterocycles. The Kier molecular flexibility index (Phi) is 7.16. The second kappa shape index (κ2) is 9.67. The standard InChI is InChI=1S/C20H23N3O8S/c1-10(24)13-15-14(20(28)31-9-11-3-5-12(6-4-11)23(29)30)17(32-8-7-21-2)16(19(26)27)22(15)18(13)25/h3-6,10,13-15,21,24H,7-9H2,1-2H3,(H,26,27)/t10-,13-,14?,15-/m1/s1. The van der Waals surface area contributed by atoms with E-state index < -0.39 is 46.8 Å². The number of carboxylic acids is 1. The number of hydrogen-bond donors (Lipinski definition) is 3. The fraction of sp³-hybridized carbons (Fsp3) is 0.450. The number of hydrogen-bond acceptors (Lipinski definition) is 9. The van der Waals surface area contributed by atoms with Crippen LogP contribution in [-0.2, 0) is 25.7 Å². The number of carbonyl (C=O) groups is 3. The van der Waals surface area contributed by atoms with Crippen LogP contribution in [0.25, 0.3) is 0 Å². The summed E-state index contributed by atoms with van der Waals surface area (Å²) in [6.07, 6.45) is -1.06. The predicted octanol–water partition coefficient (Wildman–Crippen LogP) is 0.724. The van der Waals surface area contributed by atoms with Gasteiger partial charge in [0.15, 0.2) is 0 Å². The van der Waals surface area contributed by atoms with Gasteiger partial charge >= 0.3 is 11.9 Å². The Morgan fingerprint density at radius 2 is 2.00 bits per heavy atom. The van der Waals surface area contributed by atoms with Crippen LogP contribution < -0.4 is 5.32 Å². The summed E-state index contributed by atoms with van der Waals surface area (Å²) in [6, 6.07) is 4.65. The number of aliphatic carboxylic acids is 1. The maximum absolute atomic E-state index is 13.1. The number of β-lactam (4-membered cyclic amide) rings is 1. The van der Waals surface area contributed by atoms with Gasteiger partial charge in [-0.05, 0) is 31.7 Å². The first-order valence-electron chi connectivity index (χ1n) is 9.85. The van der Waals surface area contributed by atoms with Gasteiger partial charge in [0.2, 0.25) is 5.91 Å². The average molecular weight is 465 g/mol. The Bertz CT molecular complexity index is 962. The number of nitro groups is 1. The molecular weight excluding hydrogens is 442 g/mol. The number of amides is 1. The van der Waals surface area contributed by atoms with Crippen LogP contribution in [0.1, 0.15) is 12.5 Å². The molecule has 1 unspecified atom stereocenters. The van der Waals surface area contributed by atoms with E-state index in [2.05, 4.69) is 5.32 Å². The van der Waals surface area contributed by atoms with Crippen molar-refractivity contribution in [2.45, 2.75) is 25.7 Å². The number of fused-ring (bicyclic) bond motifs is 1. The van der Waals surface area contributed by atoms with Crippen LogP contribution >= 0.6 is 11.8 Å². The van der Waals surface area contributed by atoms with E-state index >= 15 is 0 Å². The highest BCUT2D eigenvalue weighted by atomic mass is 32.2. The zero-order chi connectivity index (χ0) is 23.6. The molecule has 0 spiro atoms. The molecule has 12 heteroatoms. The van der Waals surface area contributed by atoms with E-state index in [0.717, 1.165) is 16.7 Å². The van der Waals surface area contributed by atoms with E-state index in [0.29, 0.717) is 17.9 Å². The summed E-state index contributed by atoms with van der Waals surface area (Å²) in [6.45, 7) is 1.79. The molecule has 1 aromatic carbocycles. The largest absolute Gasteiger partial charge is 0.477 e. The molecule has 0 saturated carbocycles. The number of carboxylic acid groups (broad SMARTS) is 1. The van der Waals surface area contributed by atoms with Crippen LogP contribution in [0.15, 0.2) is 34.9 Å². The highest BCUT2D eigenvalue weighted by Crippen LogP contribution is 2.51. The quantitative estimate of drug-likeness (QED) is 0.148. The highest BCUT2D eigenvalue weighted by Gasteiger charge is 2.63. The number of nitrogens with one attached hydrogen (secondary N) is 1. The predicted molar refractivity (Wildman–Crippen MR) is 113 cm³/mol. The van der Waals surface area contributed by atoms with Crippen LogP contribution in [0.5, 0.6) is 0 Å². The van der Waals surface area contributed by atoms with E-state index in [1.165, 1.54) is 31.2 Å². The Morgan fingerprint density at radius 3 is 2.53 bits per heavy atom. The molecule has 1 amide bonds. The summed E-state index contributed by atoms with van der Waals surface area (Å²) < 4.78 is 5.41. The summed E-state index contributed by atoms with van der Waals surface area (Å²) in [5.74, 6) is -4.09. The van der Waals surface area contributed by atoms with Crippen molar-refractivity contribution in [3.63, 3.8) is 0 Å². The molecule has 32 heavy (non-hydrogen) atoms. The first kappa shape index (κ1) is 23.7. The zero-order valence-corrected chi connectivity index (χ0v) is 18.2. The maximum atomic E-state index is 13.1. The lowest BCUT2D eigenvalue weighted by atomic mass is 9.78. The Morgan fingerprint density at radius 1 is 1.34 bits per heavy atom. The van der Waals surface area contributed by atoms with Crippen LogP contribution in [0, 0.1) is 22.0 Å². The third kappa shape index (κ3) is 4.33. The zero-order valence-electron chi connectivity index (χ0n) is 17.4. The lowest BCUT2D eigenvalue weighted by Crippen LogP contribution is -2.64. The molecule has 2 heterocycles. The number of nitrogens with zero attached hydrogens (tertiary/aromatic N) is 2. The Labute approximate surface area is 187 Å². The number of aliphatic hydroxyl groups is 1. The van der Waals surface area contributed by atoms with Gasteiger partial charge in [-0.1, -0.05) is 0 Å². The molecule has 2 aliphatic heterocycles. The number of rotatable bonds is 10. The summed E-state index contributed by atoms with van der Waals surface area (Å²) in [5.41, 5.74) is 0.161. The van der Waals surface area contributed by atoms with Crippen molar-refractivity contribution in [2.24, 2.45) is 11.8 Å². The normalized spacial score (nSPS) is 22.9. The van der Waals surface area contributed by atoms with Crippen LogP contribution in [0.4, 0.5) is 5.69 Å². The van der Waals surface area contributed by atoms with Gasteiger partial charge in [0.25, 0.3) is 5.69 Å². The van der Waals surface area contributed by atoms with Gasteiger partial charge in [0.1, 0.15) is 18.2 Å². The molecule has 3 rings (SSSR count). The first-order chi connectivity index (χ1) is 15.2. The second-order valence-corrected chi connectivity index (χ2v) is 8.58. The lowest BCUT2D eigenvalue weighted by molar-refractivity contribution is -0.384. The molecule has 1 saturated heterocycles. The topological polar surface area (TPSA) is 159 Å². The number of non-ortho nitro benzene ring substituents is 1. The molecule has 0 radical (unpaired) electrons. The van der Waals surface area contributed by atoms with Crippen molar-refractivity contribution in [1.29, 1.82) is 0 Å². The smallest absolute Gasteiger partial charge is 0.353 e. The average Bonchev–Trinajstić information content (AvgIpc) is 3.02. The van der Waals surface area contributed by atoms with Gasteiger partial charge in [-0.2, -0.15) is 0 Å². The summed E-state index contributed by atoms with van der Waals surface area (Å²) in [5, 5.41) is 33.5. The van der Waals surface area contributed by atoms with E-state index in [4.69, 9.17) is 4.74 Å². The van der Waals surface area contributed by atoms with Crippen molar-refractivity contribution < 1.29 is 34.3 Å². The number of nitro benzene ring substituents is 1. The SMILES string of the molecule is CNCCSC1=C(C(=O)O)N2C(=O)[C@H]([C@@H](C)O)[C@@H]2C1C(=O)OCc1ccc([N+](=O)[O-])cc1. The van der Waals surface area contributed by atoms with Gasteiger partial charge in [0.05, 0.1) is 23.0 Å². The molecule has 3 N–H and O–H groups in total. The molecule has 4 atom stereocenters. The van der Waals surface area contributed by atoms with Gasteiger partial charge in [0, 0.05) is 29.3 Å². The van der Waals surface area contributed by atoms with Crippen LogP contribution in [0.3, 0.4) is 0 Å². The molecule has 172 valence electrons. The molecule has 2 aliphatic rings.